The molecule has 5 nitrogen and oxygen atoms in total. The van der Waals surface area contributed by atoms with Gasteiger partial charge in [0.15, 0.2) is 5.76 Å². The van der Waals surface area contributed by atoms with E-state index < -0.39 is 0 Å². The summed E-state index contributed by atoms with van der Waals surface area (Å²) in [6.07, 6.45) is 4.01. The number of methoxy groups -OCH3 is 1. The van der Waals surface area contributed by atoms with Crippen molar-refractivity contribution in [3.63, 3.8) is 0 Å². The molecular formula is C17H20ClNO4. The Bertz CT molecular complexity index is 680. The molecule has 23 heavy (non-hydrogen) atoms. The van der Waals surface area contributed by atoms with Crippen LogP contribution in [-0.2, 0) is 9.53 Å². The van der Waals surface area contributed by atoms with E-state index in [1.165, 1.54) is 7.11 Å². The monoisotopic (exact) mass is 337 g/mol. The maximum Gasteiger partial charge on any atom is 0.305 e. The van der Waals surface area contributed by atoms with Crippen LogP contribution >= 0.6 is 11.6 Å². The van der Waals surface area contributed by atoms with Crippen molar-refractivity contribution in [3.8, 4) is 0 Å². The molecule has 0 fully saturated rings. The Morgan fingerprint density at radius 1 is 1.17 bits per heavy atom. The summed E-state index contributed by atoms with van der Waals surface area (Å²) in [5, 5.41) is 4.25. The summed E-state index contributed by atoms with van der Waals surface area (Å²) in [6, 6.07) is 6.92. The van der Waals surface area contributed by atoms with Crippen LogP contribution in [0.15, 0.2) is 28.7 Å². The molecule has 0 bridgehead atoms. The number of furan rings is 1. The average molecular weight is 338 g/mol. The SMILES string of the molecule is COC(=O)CCCCCCNC(=O)c1cc2cc(Cl)ccc2o1. The van der Waals surface area contributed by atoms with Crippen LogP contribution in [0.5, 0.6) is 0 Å². The number of hydrogen-bond donors (Lipinski definition) is 1. The zero-order valence-electron chi connectivity index (χ0n) is 13.1. The molecule has 1 aromatic heterocycles. The standard InChI is InChI=1S/C17H20ClNO4/c1-22-16(20)6-4-2-3-5-9-19-17(21)15-11-12-10-13(18)7-8-14(12)23-15/h7-8,10-11H,2-6,9H2,1H3,(H,19,21). The lowest BCUT2D eigenvalue weighted by molar-refractivity contribution is -0.140. The van der Waals surface area contributed by atoms with Gasteiger partial charge in [-0.2, -0.15) is 0 Å². The van der Waals surface area contributed by atoms with Gasteiger partial charge in [0.05, 0.1) is 7.11 Å². The van der Waals surface area contributed by atoms with E-state index in [-0.39, 0.29) is 17.6 Å². The third kappa shape index (κ3) is 5.28. The third-order valence-electron chi connectivity index (χ3n) is 3.52. The van der Waals surface area contributed by atoms with Gasteiger partial charge in [0.25, 0.3) is 5.91 Å². The summed E-state index contributed by atoms with van der Waals surface area (Å²) in [5.74, 6) is -0.122. The maximum atomic E-state index is 12.0. The number of rotatable bonds is 8. The number of hydrogen-bond acceptors (Lipinski definition) is 4. The number of nitrogens with one attached hydrogen (secondary N) is 1. The van der Waals surface area contributed by atoms with Crippen molar-refractivity contribution in [2.24, 2.45) is 0 Å². The van der Waals surface area contributed by atoms with Crippen molar-refractivity contribution >= 4 is 34.4 Å². The van der Waals surface area contributed by atoms with Crippen LogP contribution in [0.25, 0.3) is 11.0 Å². The summed E-state index contributed by atoms with van der Waals surface area (Å²) >= 11 is 5.91. The van der Waals surface area contributed by atoms with E-state index >= 15 is 0 Å². The third-order valence-corrected chi connectivity index (χ3v) is 3.76. The number of ether oxygens (including phenoxy) is 1. The van der Waals surface area contributed by atoms with E-state index in [0.717, 1.165) is 31.1 Å². The predicted octanol–water partition coefficient (Wildman–Crippen LogP) is 3.94. The van der Waals surface area contributed by atoms with Gasteiger partial charge in [-0.25, -0.2) is 0 Å². The number of esters is 1. The molecule has 0 saturated heterocycles. The highest BCUT2D eigenvalue weighted by atomic mass is 35.5. The van der Waals surface area contributed by atoms with Gasteiger partial charge >= 0.3 is 5.97 Å². The zero-order valence-corrected chi connectivity index (χ0v) is 13.8. The van der Waals surface area contributed by atoms with Gasteiger partial charge in [0, 0.05) is 23.4 Å². The van der Waals surface area contributed by atoms with Crippen molar-refractivity contribution in [3.05, 3.63) is 35.0 Å². The van der Waals surface area contributed by atoms with Crippen LogP contribution in [-0.4, -0.2) is 25.5 Å². The van der Waals surface area contributed by atoms with Gasteiger partial charge in [-0.3, -0.25) is 9.59 Å². The molecule has 0 unspecified atom stereocenters. The molecule has 1 N–H and O–H groups in total. The minimum Gasteiger partial charge on any atom is -0.469 e. The topological polar surface area (TPSA) is 68.5 Å². The molecule has 1 aromatic carbocycles. The fourth-order valence-corrected chi connectivity index (χ4v) is 2.45. The Morgan fingerprint density at radius 3 is 2.74 bits per heavy atom. The lowest BCUT2D eigenvalue weighted by Gasteiger charge is -2.03. The molecule has 0 aliphatic rings. The second kappa shape index (κ2) is 8.58. The Kier molecular flexibility index (Phi) is 6.47. The second-order valence-corrected chi connectivity index (χ2v) is 5.73. The van der Waals surface area contributed by atoms with Crippen LogP contribution < -0.4 is 5.32 Å². The molecule has 0 radical (unpaired) electrons. The summed E-state index contributed by atoms with van der Waals surface area (Å²) in [7, 11) is 1.39. The van der Waals surface area contributed by atoms with Crippen LogP contribution in [0.3, 0.4) is 0 Å². The molecule has 0 aliphatic carbocycles. The molecule has 1 heterocycles. The number of carbonyl (C=O) groups is 2. The second-order valence-electron chi connectivity index (χ2n) is 5.29. The van der Waals surface area contributed by atoms with E-state index in [2.05, 4.69) is 10.1 Å². The molecule has 6 heteroatoms. The smallest absolute Gasteiger partial charge is 0.305 e. The summed E-state index contributed by atoms with van der Waals surface area (Å²) in [5.41, 5.74) is 0.641. The largest absolute Gasteiger partial charge is 0.469 e. The molecule has 124 valence electrons. The Labute approximate surface area is 139 Å². The quantitative estimate of drug-likeness (QED) is 0.585. The van der Waals surface area contributed by atoms with Gasteiger partial charge in [-0.05, 0) is 37.1 Å². The molecule has 2 aromatic rings. The molecule has 0 saturated carbocycles. The van der Waals surface area contributed by atoms with Gasteiger partial charge in [-0.15, -0.1) is 0 Å². The van der Waals surface area contributed by atoms with E-state index in [0.29, 0.717) is 23.6 Å². The highest BCUT2D eigenvalue weighted by Crippen LogP contribution is 2.22. The molecule has 1 amide bonds. The lowest BCUT2D eigenvalue weighted by Crippen LogP contribution is -2.23. The molecule has 2 rings (SSSR count). The normalized spacial score (nSPS) is 10.7. The fourth-order valence-electron chi connectivity index (χ4n) is 2.27. The predicted molar refractivity (Wildman–Crippen MR) is 88.7 cm³/mol. The number of amides is 1. The first-order valence-electron chi connectivity index (χ1n) is 7.64. The Hall–Kier alpha value is -2.01. The van der Waals surface area contributed by atoms with Gasteiger partial charge in [-0.1, -0.05) is 24.4 Å². The first-order valence-corrected chi connectivity index (χ1v) is 8.02. The van der Waals surface area contributed by atoms with Crippen molar-refractivity contribution in [2.75, 3.05) is 13.7 Å². The van der Waals surface area contributed by atoms with Crippen molar-refractivity contribution in [1.29, 1.82) is 0 Å². The Balaban J connectivity index is 1.69. The van der Waals surface area contributed by atoms with E-state index in [1.807, 2.05) is 0 Å². The van der Waals surface area contributed by atoms with Crippen LogP contribution in [0.1, 0.15) is 42.7 Å². The number of benzene rings is 1. The van der Waals surface area contributed by atoms with E-state index in [4.69, 9.17) is 16.0 Å². The molecule has 0 atom stereocenters. The zero-order chi connectivity index (χ0) is 16.7. The number of halogens is 1. The summed E-state index contributed by atoms with van der Waals surface area (Å²) < 4.78 is 10.1. The number of fused-ring (bicyclic) bond motifs is 1. The van der Waals surface area contributed by atoms with Gasteiger partial charge in [0.2, 0.25) is 0 Å². The van der Waals surface area contributed by atoms with Gasteiger partial charge < -0.3 is 14.5 Å². The highest BCUT2D eigenvalue weighted by molar-refractivity contribution is 6.31. The first kappa shape index (κ1) is 17.3. The molecular weight excluding hydrogens is 318 g/mol. The van der Waals surface area contributed by atoms with Crippen LogP contribution in [0.2, 0.25) is 5.02 Å². The number of unbranched alkanes of at least 4 members (excludes halogenated alkanes) is 3. The molecule has 0 spiro atoms. The summed E-state index contributed by atoms with van der Waals surface area (Å²) in [4.78, 5) is 23.0. The van der Waals surface area contributed by atoms with Crippen molar-refractivity contribution < 1.29 is 18.7 Å². The Morgan fingerprint density at radius 2 is 1.96 bits per heavy atom. The number of carbonyl (C=O) groups excluding carboxylic acids is 2. The summed E-state index contributed by atoms with van der Waals surface area (Å²) in [6.45, 7) is 0.578. The van der Waals surface area contributed by atoms with E-state index in [9.17, 15) is 9.59 Å². The van der Waals surface area contributed by atoms with Crippen LogP contribution in [0, 0.1) is 0 Å². The highest BCUT2D eigenvalue weighted by Gasteiger charge is 2.11. The maximum absolute atomic E-state index is 12.0. The van der Waals surface area contributed by atoms with Crippen molar-refractivity contribution in [1.82, 2.24) is 5.32 Å². The molecule has 0 aliphatic heterocycles. The van der Waals surface area contributed by atoms with E-state index in [1.54, 1.807) is 24.3 Å². The fraction of sp³-hybridized carbons (Fsp3) is 0.412. The van der Waals surface area contributed by atoms with Gasteiger partial charge in [0.1, 0.15) is 5.58 Å². The first-order chi connectivity index (χ1) is 11.1. The minimum absolute atomic E-state index is 0.178. The van der Waals surface area contributed by atoms with Crippen molar-refractivity contribution in [2.45, 2.75) is 32.1 Å². The lowest BCUT2D eigenvalue weighted by atomic mass is 10.1. The average Bonchev–Trinajstić information content (AvgIpc) is 2.96. The minimum atomic E-state index is -0.230. The van der Waals surface area contributed by atoms with Crippen LogP contribution in [0.4, 0.5) is 0 Å².